The van der Waals surface area contributed by atoms with Crippen LogP contribution >= 0.6 is 0 Å². The summed E-state index contributed by atoms with van der Waals surface area (Å²) < 4.78 is 39.8. The molecule has 0 spiro atoms. The van der Waals surface area contributed by atoms with E-state index in [9.17, 15) is 27.9 Å². The average molecular weight is 301 g/mol. The predicted octanol–water partition coefficient (Wildman–Crippen LogP) is 2.49. The van der Waals surface area contributed by atoms with Crippen LogP contribution in [0.3, 0.4) is 0 Å². The average Bonchev–Trinajstić information content (AvgIpc) is 2.56. The zero-order valence-corrected chi connectivity index (χ0v) is 11.3. The van der Waals surface area contributed by atoms with Gasteiger partial charge in [-0.3, -0.25) is 9.59 Å². The Kier molecular flexibility index (Phi) is 4.20. The molecular formula is C14H14F3NO3. The number of carbonyl (C=O) groups is 2. The minimum Gasteiger partial charge on any atom is -0.481 e. The Labute approximate surface area is 119 Å². The van der Waals surface area contributed by atoms with E-state index in [2.05, 4.69) is 0 Å². The SMILES string of the molecule is CN1C(=O)CCCC(C(=O)O)C1c1cc(F)c(F)c(F)c1. The molecule has 1 N–H and O–H groups in total. The predicted molar refractivity (Wildman–Crippen MR) is 66.8 cm³/mol. The molecule has 0 radical (unpaired) electrons. The van der Waals surface area contributed by atoms with Crippen molar-refractivity contribution in [2.24, 2.45) is 5.92 Å². The first kappa shape index (κ1) is 15.3. The summed E-state index contributed by atoms with van der Waals surface area (Å²) in [6, 6.07) is 0.463. The van der Waals surface area contributed by atoms with Crippen LogP contribution in [0.2, 0.25) is 0 Å². The van der Waals surface area contributed by atoms with Gasteiger partial charge in [-0.05, 0) is 30.5 Å². The molecule has 1 saturated heterocycles. The lowest BCUT2D eigenvalue weighted by atomic mass is 9.89. The largest absolute Gasteiger partial charge is 0.481 e. The topological polar surface area (TPSA) is 57.6 Å². The Morgan fingerprint density at radius 1 is 1.29 bits per heavy atom. The van der Waals surface area contributed by atoms with Crippen LogP contribution in [0.1, 0.15) is 30.9 Å². The number of carbonyl (C=O) groups excluding carboxylic acids is 1. The van der Waals surface area contributed by atoms with Crippen molar-refractivity contribution in [2.75, 3.05) is 7.05 Å². The highest BCUT2D eigenvalue weighted by molar-refractivity contribution is 5.79. The second-order valence-corrected chi connectivity index (χ2v) is 5.08. The summed E-state index contributed by atoms with van der Waals surface area (Å²) in [5, 5.41) is 9.29. The number of likely N-dealkylation sites (tertiary alicyclic amines) is 1. The molecule has 1 aliphatic rings. The summed E-state index contributed by atoms with van der Waals surface area (Å²) in [6.07, 6.45) is 0.752. The Morgan fingerprint density at radius 2 is 1.86 bits per heavy atom. The summed E-state index contributed by atoms with van der Waals surface area (Å²) in [5.41, 5.74) is -0.0587. The number of halogens is 3. The zero-order chi connectivity index (χ0) is 15.7. The third-order valence-electron chi connectivity index (χ3n) is 3.76. The van der Waals surface area contributed by atoms with E-state index in [0.717, 1.165) is 17.0 Å². The van der Waals surface area contributed by atoms with Gasteiger partial charge in [-0.2, -0.15) is 0 Å². The van der Waals surface area contributed by atoms with Gasteiger partial charge in [0, 0.05) is 13.5 Å². The molecule has 1 fully saturated rings. The molecule has 114 valence electrons. The van der Waals surface area contributed by atoms with Gasteiger partial charge in [0.05, 0.1) is 12.0 Å². The van der Waals surface area contributed by atoms with Gasteiger partial charge in [0.2, 0.25) is 5.91 Å². The molecule has 4 nitrogen and oxygen atoms in total. The van der Waals surface area contributed by atoms with Crippen LogP contribution in [0, 0.1) is 23.4 Å². The van der Waals surface area contributed by atoms with Crippen molar-refractivity contribution in [3.05, 3.63) is 35.1 Å². The molecule has 21 heavy (non-hydrogen) atoms. The van der Waals surface area contributed by atoms with Crippen molar-refractivity contribution >= 4 is 11.9 Å². The number of benzene rings is 1. The number of aliphatic carboxylic acids is 1. The molecule has 1 aromatic carbocycles. The van der Waals surface area contributed by atoms with E-state index in [0.29, 0.717) is 6.42 Å². The number of hydrogen-bond acceptors (Lipinski definition) is 2. The van der Waals surface area contributed by atoms with E-state index in [1.807, 2.05) is 0 Å². The van der Waals surface area contributed by atoms with Gasteiger partial charge in [0.1, 0.15) is 0 Å². The Balaban J connectivity index is 2.53. The summed E-state index contributed by atoms with van der Waals surface area (Å²) in [5.74, 6) is -6.89. The van der Waals surface area contributed by atoms with Crippen LogP contribution in [0.25, 0.3) is 0 Å². The second kappa shape index (κ2) is 5.75. The zero-order valence-electron chi connectivity index (χ0n) is 11.3. The van der Waals surface area contributed by atoms with Crippen molar-refractivity contribution in [3.63, 3.8) is 0 Å². The van der Waals surface area contributed by atoms with E-state index in [4.69, 9.17) is 0 Å². The van der Waals surface area contributed by atoms with Crippen LogP contribution in [-0.4, -0.2) is 28.9 Å². The van der Waals surface area contributed by atoms with E-state index >= 15 is 0 Å². The fourth-order valence-corrected chi connectivity index (χ4v) is 2.69. The van der Waals surface area contributed by atoms with Crippen LogP contribution in [0.15, 0.2) is 12.1 Å². The lowest BCUT2D eigenvalue weighted by Gasteiger charge is -2.30. The van der Waals surface area contributed by atoms with Crippen LogP contribution < -0.4 is 0 Å². The maximum atomic E-state index is 13.4. The number of nitrogens with zero attached hydrogens (tertiary/aromatic N) is 1. The minimum atomic E-state index is -1.62. The highest BCUT2D eigenvalue weighted by Crippen LogP contribution is 2.36. The smallest absolute Gasteiger partial charge is 0.308 e. The molecule has 2 unspecified atom stereocenters. The van der Waals surface area contributed by atoms with Gasteiger partial charge < -0.3 is 10.0 Å². The van der Waals surface area contributed by atoms with Crippen molar-refractivity contribution in [2.45, 2.75) is 25.3 Å². The maximum Gasteiger partial charge on any atom is 0.308 e. The monoisotopic (exact) mass is 301 g/mol. The first-order valence-corrected chi connectivity index (χ1v) is 6.46. The summed E-state index contributed by atoms with van der Waals surface area (Å²) >= 11 is 0. The first-order valence-electron chi connectivity index (χ1n) is 6.46. The van der Waals surface area contributed by atoms with Gasteiger partial charge >= 0.3 is 5.97 Å². The molecule has 0 aliphatic carbocycles. The summed E-state index contributed by atoms with van der Waals surface area (Å²) in [7, 11) is 1.38. The fourth-order valence-electron chi connectivity index (χ4n) is 2.69. The van der Waals surface area contributed by atoms with E-state index in [-0.39, 0.29) is 24.3 Å². The molecule has 0 saturated carbocycles. The van der Waals surface area contributed by atoms with Crippen molar-refractivity contribution in [1.82, 2.24) is 4.90 Å². The fraction of sp³-hybridized carbons (Fsp3) is 0.429. The molecule has 1 aliphatic heterocycles. The van der Waals surface area contributed by atoms with Gasteiger partial charge in [-0.1, -0.05) is 0 Å². The number of carboxylic acid groups (broad SMARTS) is 1. The summed E-state index contributed by atoms with van der Waals surface area (Å²) in [4.78, 5) is 24.4. The van der Waals surface area contributed by atoms with Crippen LogP contribution in [0.5, 0.6) is 0 Å². The van der Waals surface area contributed by atoms with Crippen molar-refractivity contribution in [1.29, 1.82) is 0 Å². The second-order valence-electron chi connectivity index (χ2n) is 5.08. The quantitative estimate of drug-likeness (QED) is 0.854. The van der Waals surface area contributed by atoms with Crippen LogP contribution in [0.4, 0.5) is 13.2 Å². The normalized spacial score (nSPS) is 23.0. The molecule has 2 atom stereocenters. The molecule has 1 aromatic rings. The van der Waals surface area contributed by atoms with Gasteiger partial charge in [0.15, 0.2) is 17.5 Å². The summed E-state index contributed by atoms with van der Waals surface area (Å²) in [6.45, 7) is 0. The van der Waals surface area contributed by atoms with Crippen molar-refractivity contribution in [3.8, 4) is 0 Å². The third-order valence-corrected chi connectivity index (χ3v) is 3.76. The molecule has 1 heterocycles. The minimum absolute atomic E-state index is 0.0587. The lowest BCUT2D eigenvalue weighted by molar-refractivity contribution is -0.145. The Bertz CT molecular complexity index is 568. The lowest BCUT2D eigenvalue weighted by Crippen LogP contribution is -2.36. The molecule has 0 bridgehead atoms. The molecule has 2 rings (SSSR count). The number of hydrogen-bond donors (Lipinski definition) is 1. The first-order chi connectivity index (χ1) is 9.82. The standard InChI is InChI=1S/C14H14F3NO3/c1-18-11(19)4-2-3-8(14(20)21)13(18)7-5-9(15)12(17)10(16)6-7/h5-6,8,13H,2-4H2,1H3,(H,20,21). The third kappa shape index (κ3) is 2.86. The number of rotatable bonds is 2. The number of carboxylic acids is 1. The van der Waals surface area contributed by atoms with Crippen molar-refractivity contribution < 1.29 is 27.9 Å². The highest BCUT2D eigenvalue weighted by atomic mass is 19.2. The van der Waals surface area contributed by atoms with Gasteiger partial charge in [-0.25, -0.2) is 13.2 Å². The van der Waals surface area contributed by atoms with E-state index in [1.165, 1.54) is 7.05 Å². The van der Waals surface area contributed by atoms with E-state index < -0.39 is 35.4 Å². The molecule has 0 aromatic heterocycles. The van der Waals surface area contributed by atoms with Gasteiger partial charge in [0.25, 0.3) is 0 Å². The Morgan fingerprint density at radius 3 is 2.38 bits per heavy atom. The Hall–Kier alpha value is -2.05. The highest BCUT2D eigenvalue weighted by Gasteiger charge is 2.37. The van der Waals surface area contributed by atoms with Crippen LogP contribution in [-0.2, 0) is 9.59 Å². The molecule has 1 amide bonds. The van der Waals surface area contributed by atoms with E-state index in [1.54, 1.807) is 0 Å². The maximum absolute atomic E-state index is 13.4. The number of amides is 1. The molecular weight excluding hydrogens is 287 g/mol. The molecule has 7 heteroatoms. The van der Waals surface area contributed by atoms with Gasteiger partial charge in [-0.15, -0.1) is 0 Å².